The third-order valence-corrected chi connectivity index (χ3v) is 7.48. The second-order valence-electron chi connectivity index (χ2n) is 10.4. The third kappa shape index (κ3) is 8.15. The molecule has 7 heteroatoms. The molecule has 3 atom stereocenters. The molecule has 0 aromatic heterocycles. The number of benzene rings is 3. The number of rotatable bonds is 12. The van der Waals surface area contributed by atoms with Gasteiger partial charge in [-0.05, 0) is 29.7 Å². The summed E-state index contributed by atoms with van der Waals surface area (Å²) >= 11 is 0. The number of nitrogens with zero attached hydrogens (tertiary/aromatic N) is 1. The van der Waals surface area contributed by atoms with Gasteiger partial charge in [0, 0.05) is 25.1 Å². The number of alkyl halides is 1. The minimum Gasteiger partial charge on any atom is -0.346 e. The Morgan fingerprint density at radius 2 is 1.40 bits per heavy atom. The molecule has 3 aromatic rings. The molecule has 0 spiro atoms. The van der Waals surface area contributed by atoms with E-state index < -0.39 is 18.4 Å². The van der Waals surface area contributed by atoms with Crippen LogP contribution >= 0.6 is 0 Å². The van der Waals surface area contributed by atoms with Crippen molar-refractivity contribution in [3.8, 4) is 0 Å². The molecule has 0 bridgehead atoms. The fourth-order valence-corrected chi connectivity index (χ4v) is 5.38. The highest BCUT2D eigenvalue weighted by Gasteiger charge is 2.41. The molecular weight excluding hydrogens is 503 g/mol. The largest absolute Gasteiger partial charge is 0.346 e. The molecule has 1 aliphatic heterocycles. The standard InChI is InChI=1S/C33H41FN4O2/c1-2-3-4-5-15-22-35-33(40)37-30-23-29(36-32(39)27-20-13-8-14-21-27)28(34)24-38(30)31(25-16-9-6-10-17-25)26-18-11-7-12-19-26/h6-14,16-21,28-31H,2-5,15,22-24H2,1H3,(H,36,39)(H2,35,37,40). The molecule has 0 saturated carbocycles. The Kier molecular flexibility index (Phi) is 11.1. The lowest BCUT2D eigenvalue weighted by Gasteiger charge is -2.45. The highest BCUT2D eigenvalue weighted by atomic mass is 19.1. The molecule has 3 amide bonds. The molecule has 3 N–H and O–H groups in total. The second-order valence-corrected chi connectivity index (χ2v) is 10.4. The van der Waals surface area contributed by atoms with Crippen molar-refractivity contribution in [2.45, 2.75) is 69.9 Å². The van der Waals surface area contributed by atoms with Crippen molar-refractivity contribution in [3.05, 3.63) is 108 Å². The third-order valence-electron chi connectivity index (χ3n) is 7.48. The molecule has 3 aromatic carbocycles. The Morgan fingerprint density at radius 1 is 0.825 bits per heavy atom. The van der Waals surface area contributed by atoms with Gasteiger partial charge in [0.25, 0.3) is 5.91 Å². The predicted molar refractivity (Wildman–Crippen MR) is 158 cm³/mol. The molecule has 1 fully saturated rings. The van der Waals surface area contributed by atoms with Gasteiger partial charge in [-0.2, -0.15) is 0 Å². The summed E-state index contributed by atoms with van der Waals surface area (Å²) in [7, 11) is 0. The van der Waals surface area contributed by atoms with Crippen LogP contribution in [0, 0.1) is 0 Å². The normalized spacial score (nSPS) is 19.2. The lowest BCUT2D eigenvalue weighted by molar-refractivity contribution is 0.0243. The Morgan fingerprint density at radius 3 is 2.00 bits per heavy atom. The first kappa shape index (κ1) is 29.3. The molecule has 0 aliphatic carbocycles. The molecule has 3 unspecified atom stereocenters. The lowest BCUT2D eigenvalue weighted by Crippen LogP contribution is -2.63. The maximum atomic E-state index is 15.8. The second kappa shape index (κ2) is 15.2. The van der Waals surface area contributed by atoms with Crippen LogP contribution in [0.1, 0.15) is 73.0 Å². The van der Waals surface area contributed by atoms with Gasteiger partial charge in [-0.3, -0.25) is 9.69 Å². The van der Waals surface area contributed by atoms with E-state index in [9.17, 15) is 9.59 Å². The van der Waals surface area contributed by atoms with Gasteiger partial charge in [0.1, 0.15) is 6.17 Å². The van der Waals surface area contributed by atoms with Crippen LogP contribution in [0.25, 0.3) is 0 Å². The number of nitrogens with one attached hydrogen (secondary N) is 3. The van der Waals surface area contributed by atoms with Crippen LogP contribution in [-0.4, -0.2) is 48.3 Å². The topological polar surface area (TPSA) is 73.5 Å². The molecule has 1 aliphatic rings. The number of likely N-dealkylation sites (tertiary alicyclic amines) is 1. The Labute approximate surface area is 237 Å². The van der Waals surface area contributed by atoms with Crippen molar-refractivity contribution < 1.29 is 14.0 Å². The van der Waals surface area contributed by atoms with Crippen LogP contribution in [0.2, 0.25) is 0 Å². The Hall–Kier alpha value is -3.71. The fourth-order valence-electron chi connectivity index (χ4n) is 5.38. The highest BCUT2D eigenvalue weighted by Crippen LogP contribution is 2.34. The van der Waals surface area contributed by atoms with Gasteiger partial charge in [0.05, 0.1) is 18.2 Å². The number of piperidine rings is 1. The van der Waals surface area contributed by atoms with E-state index in [1.165, 1.54) is 12.8 Å². The van der Waals surface area contributed by atoms with E-state index in [1.807, 2.05) is 71.6 Å². The molecule has 212 valence electrons. The number of halogens is 1. The summed E-state index contributed by atoms with van der Waals surface area (Å²) in [6.07, 6.45) is 3.94. The van der Waals surface area contributed by atoms with Gasteiger partial charge in [-0.15, -0.1) is 0 Å². The quantitative estimate of drug-likeness (QED) is 0.237. The van der Waals surface area contributed by atoms with Crippen molar-refractivity contribution in [1.82, 2.24) is 20.9 Å². The average Bonchev–Trinajstić information content (AvgIpc) is 2.98. The van der Waals surface area contributed by atoms with Gasteiger partial charge in [-0.1, -0.05) is 111 Å². The van der Waals surface area contributed by atoms with Gasteiger partial charge in [0.2, 0.25) is 0 Å². The molecule has 0 radical (unpaired) electrons. The summed E-state index contributed by atoms with van der Waals surface area (Å²) in [6, 6.07) is 27.4. The van der Waals surface area contributed by atoms with Crippen LogP contribution in [0.4, 0.5) is 9.18 Å². The van der Waals surface area contributed by atoms with Crippen molar-refractivity contribution in [2.75, 3.05) is 13.1 Å². The fraction of sp³-hybridized carbons (Fsp3) is 0.394. The summed E-state index contributed by atoms with van der Waals surface area (Å²) in [4.78, 5) is 28.0. The molecule has 4 rings (SSSR count). The number of carbonyl (C=O) groups excluding carboxylic acids is 2. The summed E-state index contributed by atoms with van der Waals surface area (Å²) in [5, 5.41) is 8.98. The molecule has 40 heavy (non-hydrogen) atoms. The lowest BCUT2D eigenvalue weighted by atomic mass is 9.91. The van der Waals surface area contributed by atoms with Crippen LogP contribution < -0.4 is 16.0 Å². The predicted octanol–water partition coefficient (Wildman–Crippen LogP) is 6.21. The van der Waals surface area contributed by atoms with Crippen LogP contribution in [0.3, 0.4) is 0 Å². The van der Waals surface area contributed by atoms with Crippen molar-refractivity contribution in [1.29, 1.82) is 0 Å². The van der Waals surface area contributed by atoms with E-state index in [1.54, 1.807) is 24.3 Å². The summed E-state index contributed by atoms with van der Waals surface area (Å²) in [6.45, 7) is 2.82. The number of unbranched alkanes of at least 4 members (excludes halogenated alkanes) is 4. The van der Waals surface area contributed by atoms with Crippen LogP contribution in [0.15, 0.2) is 91.0 Å². The number of hydrogen-bond donors (Lipinski definition) is 3. The Bertz CT molecular complexity index is 1140. The maximum absolute atomic E-state index is 15.8. The number of hydrogen-bond acceptors (Lipinski definition) is 3. The van der Waals surface area contributed by atoms with Crippen molar-refractivity contribution in [3.63, 3.8) is 0 Å². The summed E-state index contributed by atoms with van der Waals surface area (Å²) < 4.78 is 15.8. The molecule has 1 heterocycles. The Balaban J connectivity index is 1.54. The van der Waals surface area contributed by atoms with E-state index in [2.05, 4.69) is 22.9 Å². The summed E-state index contributed by atoms with van der Waals surface area (Å²) in [5.41, 5.74) is 2.50. The zero-order chi connectivity index (χ0) is 28.2. The van der Waals surface area contributed by atoms with Gasteiger partial charge < -0.3 is 16.0 Å². The van der Waals surface area contributed by atoms with Crippen molar-refractivity contribution in [2.24, 2.45) is 0 Å². The maximum Gasteiger partial charge on any atom is 0.316 e. The highest BCUT2D eigenvalue weighted by molar-refractivity contribution is 5.94. The van der Waals surface area contributed by atoms with Crippen LogP contribution in [0.5, 0.6) is 0 Å². The van der Waals surface area contributed by atoms with Gasteiger partial charge in [0.15, 0.2) is 0 Å². The van der Waals surface area contributed by atoms with E-state index in [0.717, 1.165) is 30.4 Å². The minimum absolute atomic E-state index is 0.0517. The van der Waals surface area contributed by atoms with Gasteiger partial charge >= 0.3 is 6.03 Å². The van der Waals surface area contributed by atoms with E-state index >= 15 is 4.39 Å². The number of carbonyl (C=O) groups is 2. The average molecular weight is 545 g/mol. The molecular formula is C33H41FN4O2. The zero-order valence-corrected chi connectivity index (χ0v) is 23.3. The first-order chi connectivity index (χ1) is 19.6. The molecule has 1 saturated heterocycles. The van der Waals surface area contributed by atoms with Gasteiger partial charge in [-0.25, -0.2) is 9.18 Å². The van der Waals surface area contributed by atoms with E-state index in [0.29, 0.717) is 12.1 Å². The van der Waals surface area contributed by atoms with Crippen molar-refractivity contribution >= 4 is 11.9 Å². The molecule has 6 nitrogen and oxygen atoms in total. The smallest absolute Gasteiger partial charge is 0.316 e. The van der Waals surface area contributed by atoms with Crippen LogP contribution in [-0.2, 0) is 0 Å². The monoisotopic (exact) mass is 544 g/mol. The first-order valence-corrected chi connectivity index (χ1v) is 14.5. The number of urea groups is 1. The van der Waals surface area contributed by atoms with E-state index in [4.69, 9.17) is 0 Å². The van der Waals surface area contributed by atoms with E-state index in [-0.39, 0.29) is 30.9 Å². The summed E-state index contributed by atoms with van der Waals surface area (Å²) in [5.74, 6) is -0.320. The number of amides is 3. The SMILES string of the molecule is CCCCCCCNC(=O)NC1CC(NC(=O)c2ccccc2)C(F)CN1C(c1ccccc1)c1ccccc1. The first-order valence-electron chi connectivity index (χ1n) is 14.5. The minimum atomic E-state index is -1.32. The zero-order valence-electron chi connectivity index (χ0n) is 23.3.